The van der Waals surface area contributed by atoms with E-state index in [2.05, 4.69) is 46.8 Å². The number of nitrogens with two attached hydrogens (primary N) is 1. The van der Waals surface area contributed by atoms with Crippen molar-refractivity contribution in [2.75, 3.05) is 6.54 Å². The standard InChI is InChI=1S/C17H31N3/c1-13(12-20)11-16(3,4)17(5,6)15(8-10-19)14(2)7-9-18/h13-15H,7-9,11,18H2,1-6H3. The first-order valence-electron chi connectivity index (χ1n) is 7.60. The van der Waals surface area contributed by atoms with E-state index in [0.29, 0.717) is 24.8 Å². The summed E-state index contributed by atoms with van der Waals surface area (Å²) in [6.07, 6.45) is 2.35. The number of rotatable bonds is 8. The van der Waals surface area contributed by atoms with E-state index >= 15 is 0 Å². The topological polar surface area (TPSA) is 73.6 Å². The fourth-order valence-electron chi connectivity index (χ4n) is 3.31. The second kappa shape index (κ2) is 7.65. The van der Waals surface area contributed by atoms with Crippen molar-refractivity contribution in [3.05, 3.63) is 0 Å². The molecule has 0 heterocycles. The lowest BCUT2D eigenvalue weighted by atomic mass is 9.55. The predicted molar refractivity (Wildman–Crippen MR) is 83.5 cm³/mol. The summed E-state index contributed by atoms with van der Waals surface area (Å²) in [6.45, 7) is 13.8. The van der Waals surface area contributed by atoms with Crippen LogP contribution in [-0.4, -0.2) is 6.54 Å². The monoisotopic (exact) mass is 277 g/mol. The Bertz CT molecular complexity index is 371. The molecular formula is C17H31N3. The number of nitrogens with zero attached hydrogens (tertiary/aromatic N) is 2. The lowest BCUT2D eigenvalue weighted by molar-refractivity contribution is -0.000508. The molecule has 3 atom stereocenters. The van der Waals surface area contributed by atoms with Crippen LogP contribution in [0, 0.1) is 51.2 Å². The third-order valence-electron chi connectivity index (χ3n) is 5.33. The van der Waals surface area contributed by atoms with Crippen LogP contribution >= 0.6 is 0 Å². The zero-order chi connectivity index (χ0) is 16.0. The second-order valence-electron chi connectivity index (χ2n) is 7.36. The maximum Gasteiger partial charge on any atom is 0.0653 e. The molecule has 0 saturated heterocycles. The largest absolute Gasteiger partial charge is 0.330 e. The van der Waals surface area contributed by atoms with Crippen molar-refractivity contribution in [1.82, 2.24) is 0 Å². The first-order chi connectivity index (χ1) is 9.13. The van der Waals surface area contributed by atoms with Gasteiger partial charge in [-0.15, -0.1) is 0 Å². The van der Waals surface area contributed by atoms with Gasteiger partial charge in [-0.25, -0.2) is 0 Å². The molecule has 0 aromatic rings. The summed E-state index contributed by atoms with van der Waals surface area (Å²) in [6, 6.07) is 4.68. The summed E-state index contributed by atoms with van der Waals surface area (Å²) in [5, 5.41) is 18.3. The van der Waals surface area contributed by atoms with Gasteiger partial charge in [-0.05, 0) is 49.0 Å². The lowest BCUT2D eigenvalue weighted by Gasteiger charge is -2.49. The summed E-state index contributed by atoms with van der Waals surface area (Å²) in [5.74, 6) is 0.764. The van der Waals surface area contributed by atoms with E-state index < -0.39 is 0 Å². The van der Waals surface area contributed by atoms with Gasteiger partial charge in [0.2, 0.25) is 0 Å². The summed E-state index contributed by atoms with van der Waals surface area (Å²) in [7, 11) is 0. The Hall–Kier alpha value is -1.06. The van der Waals surface area contributed by atoms with Crippen LogP contribution in [-0.2, 0) is 0 Å². The molecule has 0 aliphatic carbocycles. The molecule has 0 fully saturated rings. The van der Waals surface area contributed by atoms with Crippen molar-refractivity contribution in [1.29, 1.82) is 10.5 Å². The van der Waals surface area contributed by atoms with E-state index in [1.165, 1.54) is 0 Å². The van der Waals surface area contributed by atoms with E-state index in [1.807, 2.05) is 6.92 Å². The molecule has 3 unspecified atom stereocenters. The Morgan fingerprint density at radius 2 is 1.65 bits per heavy atom. The summed E-state index contributed by atoms with van der Waals surface area (Å²) in [4.78, 5) is 0. The number of nitriles is 2. The van der Waals surface area contributed by atoms with Crippen LogP contribution in [0.1, 0.15) is 60.8 Å². The fourth-order valence-corrected chi connectivity index (χ4v) is 3.31. The molecule has 0 aromatic carbocycles. The number of hydrogen-bond acceptors (Lipinski definition) is 3. The zero-order valence-electron chi connectivity index (χ0n) is 14.0. The van der Waals surface area contributed by atoms with Gasteiger partial charge in [-0.2, -0.15) is 10.5 Å². The SMILES string of the molecule is CC(C#N)CC(C)(C)C(C)(C)C(CC#N)C(C)CCN. The molecule has 0 bridgehead atoms. The zero-order valence-corrected chi connectivity index (χ0v) is 14.0. The van der Waals surface area contributed by atoms with Gasteiger partial charge in [0.25, 0.3) is 0 Å². The third-order valence-corrected chi connectivity index (χ3v) is 5.33. The van der Waals surface area contributed by atoms with Gasteiger partial charge in [-0.1, -0.05) is 34.6 Å². The van der Waals surface area contributed by atoms with Crippen LogP contribution in [0.15, 0.2) is 0 Å². The van der Waals surface area contributed by atoms with Crippen molar-refractivity contribution < 1.29 is 0 Å². The fraction of sp³-hybridized carbons (Fsp3) is 0.882. The quantitative estimate of drug-likeness (QED) is 0.725. The van der Waals surface area contributed by atoms with Crippen LogP contribution in [0.3, 0.4) is 0 Å². The molecule has 0 saturated carbocycles. The Morgan fingerprint density at radius 3 is 2.05 bits per heavy atom. The maximum absolute atomic E-state index is 9.18. The molecule has 0 aromatic heterocycles. The van der Waals surface area contributed by atoms with Crippen LogP contribution < -0.4 is 5.73 Å². The van der Waals surface area contributed by atoms with Gasteiger partial charge >= 0.3 is 0 Å². The average Bonchev–Trinajstić information content (AvgIpc) is 2.34. The molecule has 3 nitrogen and oxygen atoms in total. The molecule has 114 valence electrons. The van der Waals surface area contributed by atoms with Crippen molar-refractivity contribution in [3.8, 4) is 12.1 Å². The van der Waals surface area contributed by atoms with E-state index in [-0.39, 0.29) is 16.7 Å². The average molecular weight is 277 g/mol. The van der Waals surface area contributed by atoms with Crippen LogP contribution in [0.5, 0.6) is 0 Å². The van der Waals surface area contributed by atoms with Gasteiger partial charge in [-0.3, -0.25) is 0 Å². The lowest BCUT2D eigenvalue weighted by Crippen LogP contribution is -2.43. The first-order valence-corrected chi connectivity index (χ1v) is 7.60. The Kier molecular flexibility index (Phi) is 7.25. The highest BCUT2D eigenvalue weighted by Crippen LogP contribution is 2.51. The summed E-state index contributed by atoms with van der Waals surface area (Å²) < 4.78 is 0. The molecule has 0 radical (unpaired) electrons. The van der Waals surface area contributed by atoms with E-state index in [4.69, 9.17) is 11.0 Å². The van der Waals surface area contributed by atoms with E-state index in [9.17, 15) is 5.26 Å². The molecule has 2 N–H and O–H groups in total. The highest BCUT2D eigenvalue weighted by Gasteiger charge is 2.45. The first kappa shape index (κ1) is 18.9. The summed E-state index contributed by atoms with van der Waals surface area (Å²) >= 11 is 0. The minimum atomic E-state index is -0.0115. The molecule has 0 aliphatic heterocycles. The van der Waals surface area contributed by atoms with E-state index in [1.54, 1.807) is 0 Å². The van der Waals surface area contributed by atoms with Crippen molar-refractivity contribution >= 4 is 0 Å². The molecule has 0 amide bonds. The smallest absolute Gasteiger partial charge is 0.0653 e. The van der Waals surface area contributed by atoms with Crippen LogP contribution in [0.2, 0.25) is 0 Å². The van der Waals surface area contributed by atoms with Gasteiger partial charge in [0, 0.05) is 12.3 Å². The Balaban J connectivity index is 5.30. The summed E-state index contributed by atoms with van der Waals surface area (Å²) in [5.41, 5.74) is 5.69. The molecule has 0 aliphatic rings. The molecule has 20 heavy (non-hydrogen) atoms. The molecular weight excluding hydrogens is 246 g/mol. The number of hydrogen-bond donors (Lipinski definition) is 1. The Morgan fingerprint density at radius 1 is 1.10 bits per heavy atom. The maximum atomic E-state index is 9.18. The van der Waals surface area contributed by atoms with Crippen molar-refractivity contribution in [2.45, 2.75) is 60.8 Å². The van der Waals surface area contributed by atoms with Gasteiger partial charge < -0.3 is 5.73 Å². The normalized spacial score (nSPS) is 16.9. The second-order valence-corrected chi connectivity index (χ2v) is 7.36. The van der Waals surface area contributed by atoms with Gasteiger partial charge in [0.05, 0.1) is 12.1 Å². The van der Waals surface area contributed by atoms with Gasteiger partial charge in [0.15, 0.2) is 0 Å². The molecule has 3 heteroatoms. The van der Waals surface area contributed by atoms with E-state index in [0.717, 1.165) is 12.8 Å². The van der Waals surface area contributed by atoms with Crippen LogP contribution in [0.4, 0.5) is 0 Å². The van der Waals surface area contributed by atoms with Gasteiger partial charge in [0.1, 0.15) is 0 Å². The van der Waals surface area contributed by atoms with Crippen LogP contribution in [0.25, 0.3) is 0 Å². The van der Waals surface area contributed by atoms with Crippen molar-refractivity contribution in [2.24, 2.45) is 34.3 Å². The minimum absolute atomic E-state index is 0.00647. The molecule has 0 spiro atoms. The van der Waals surface area contributed by atoms with Crippen molar-refractivity contribution in [3.63, 3.8) is 0 Å². The molecule has 0 rings (SSSR count). The highest BCUT2D eigenvalue weighted by molar-refractivity contribution is 4.98. The third kappa shape index (κ3) is 4.50. The minimum Gasteiger partial charge on any atom is -0.330 e. The highest BCUT2D eigenvalue weighted by atomic mass is 14.5. The predicted octanol–water partition coefficient (Wildman–Crippen LogP) is 4.10. The Labute approximate surface area is 125 Å².